The lowest BCUT2D eigenvalue weighted by molar-refractivity contribution is -0.118. The summed E-state index contributed by atoms with van der Waals surface area (Å²) in [7, 11) is 0. The highest BCUT2D eigenvalue weighted by Crippen LogP contribution is 2.15. The molecular formula is C16H23ClN2OS. The number of nitrogens with zero attached hydrogens (tertiary/aromatic N) is 1. The SMILES string of the molecule is O=C(CSCc1ccc(Cl)cc1)NCCCN1CCCC1. The van der Waals surface area contributed by atoms with E-state index >= 15 is 0 Å². The smallest absolute Gasteiger partial charge is 0.230 e. The Morgan fingerprint density at radius 2 is 1.95 bits per heavy atom. The van der Waals surface area contributed by atoms with Crippen molar-refractivity contribution in [1.29, 1.82) is 0 Å². The van der Waals surface area contributed by atoms with E-state index in [0.29, 0.717) is 5.75 Å². The summed E-state index contributed by atoms with van der Waals surface area (Å²) < 4.78 is 0. The van der Waals surface area contributed by atoms with Gasteiger partial charge in [0.2, 0.25) is 5.91 Å². The zero-order chi connectivity index (χ0) is 14.9. The Hall–Kier alpha value is -0.710. The van der Waals surface area contributed by atoms with E-state index in [9.17, 15) is 4.79 Å². The van der Waals surface area contributed by atoms with E-state index in [4.69, 9.17) is 11.6 Å². The Morgan fingerprint density at radius 3 is 2.67 bits per heavy atom. The summed E-state index contributed by atoms with van der Waals surface area (Å²) in [6.07, 6.45) is 3.70. The summed E-state index contributed by atoms with van der Waals surface area (Å²) in [6.45, 7) is 4.35. The van der Waals surface area contributed by atoms with Gasteiger partial charge in [0.1, 0.15) is 0 Å². The van der Waals surface area contributed by atoms with Gasteiger partial charge in [-0.1, -0.05) is 23.7 Å². The number of nitrogens with one attached hydrogen (secondary N) is 1. The molecule has 1 N–H and O–H groups in total. The molecule has 21 heavy (non-hydrogen) atoms. The second-order valence-corrected chi connectivity index (χ2v) is 6.79. The first-order valence-electron chi connectivity index (χ1n) is 7.55. The van der Waals surface area contributed by atoms with Crippen molar-refractivity contribution in [1.82, 2.24) is 10.2 Å². The van der Waals surface area contributed by atoms with Gasteiger partial charge in [-0.15, -0.1) is 11.8 Å². The van der Waals surface area contributed by atoms with Gasteiger partial charge >= 0.3 is 0 Å². The molecule has 1 aliphatic heterocycles. The van der Waals surface area contributed by atoms with E-state index < -0.39 is 0 Å². The largest absolute Gasteiger partial charge is 0.355 e. The number of hydrogen-bond donors (Lipinski definition) is 1. The van der Waals surface area contributed by atoms with Crippen molar-refractivity contribution in [2.75, 3.05) is 31.9 Å². The van der Waals surface area contributed by atoms with Crippen LogP contribution in [0.4, 0.5) is 0 Å². The van der Waals surface area contributed by atoms with Crippen LogP contribution < -0.4 is 5.32 Å². The fourth-order valence-corrected chi connectivity index (χ4v) is 3.37. The van der Waals surface area contributed by atoms with Crippen LogP contribution in [-0.2, 0) is 10.5 Å². The number of likely N-dealkylation sites (tertiary alicyclic amines) is 1. The van der Waals surface area contributed by atoms with E-state index in [1.54, 1.807) is 11.8 Å². The molecule has 116 valence electrons. The first-order chi connectivity index (χ1) is 10.2. The lowest BCUT2D eigenvalue weighted by Gasteiger charge is -2.14. The van der Waals surface area contributed by atoms with Gasteiger partial charge in [0.15, 0.2) is 0 Å². The maximum atomic E-state index is 11.7. The highest BCUT2D eigenvalue weighted by molar-refractivity contribution is 7.99. The van der Waals surface area contributed by atoms with Crippen LogP contribution in [0.5, 0.6) is 0 Å². The lowest BCUT2D eigenvalue weighted by Crippen LogP contribution is -2.29. The van der Waals surface area contributed by atoms with E-state index in [1.165, 1.54) is 31.5 Å². The van der Waals surface area contributed by atoms with Gasteiger partial charge < -0.3 is 10.2 Å². The lowest BCUT2D eigenvalue weighted by atomic mass is 10.2. The molecule has 0 aromatic heterocycles. The van der Waals surface area contributed by atoms with Crippen molar-refractivity contribution in [3.8, 4) is 0 Å². The van der Waals surface area contributed by atoms with Crippen LogP contribution in [-0.4, -0.2) is 42.7 Å². The normalized spacial score (nSPS) is 15.3. The zero-order valence-corrected chi connectivity index (χ0v) is 13.9. The quantitative estimate of drug-likeness (QED) is 0.745. The number of amides is 1. The van der Waals surface area contributed by atoms with Crippen molar-refractivity contribution < 1.29 is 4.79 Å². The topological polar surface area (TPSA) is 32.3 Å². The molecule has 1 amide bonds. The molecule has 1 aliphatic rings. The molecule has 5 heteroatoms. The van der Waals surface area contributed by atoms with Crippen LogP contribution in [0.15, 0.2) is 24.3 Å². The Labute approximate surface area is 136 Å². The predicted molar refractivity (Wildman–Crippen MR) is 90.9 cm³/mol. The van der Waals surface area contributed by atoms with Gasteiger partial charge in [0.25, 0.3) is 0 Å². The first kappa shape index (κ1) is 16.7. The number of thioether (sulfide) groups is 1. The molecule has 1 aromatic rings. The average Bonchev–Trinajstić information content (AvgIpc) is 2.99. The molecule has 1 saturated heterocycles. The molecule has 0 radical (unpaired) electrons. The standard InChI is InChI=1S/C16H23ClN2OS/c17-15-6-4-14(5-7-15)12-21-13-16(20)18-8-3-11-19-9-1-2-10-19/h4-7H,1-3,8-13H2,(H,18,20). The molecule has 0 aliphatic carbocycles. The molecule has 0 unspecified atom stereocenters. The Balaban J connectivity index is 1.50. The zero-order valence-electron chi connectivity index (χ0n) is 12.3. The van der Waals surface area contributed by atoms with Crippen LogP contribution in [0, 0.1) is 0 Å². The molecule has 1 fully saturated rings. The Bertz CT molecular complexity index is 432. The minimum atomic E-state index is 0.135. The number of hydrogen-bond acceptors (Lipinski definition) is 3. The molecule has 2 rings (SSSR count). The summed E-state index contributed by atoms with van der Waals surface area (Å²) in [5.74, 6) is 1.50. The molecule has 1 aromatic carbocycles. The molecule has 0 bridgehead atoms. The van der Waals surface area contributed by atoms with Crippen molar-refractivity contribution in [3.05, 3.63) is 34.9 Å². The molecule has 3 nitrogen and oxygen atoms in total. The van der Waals surface area contributed by atoms with Gasteiger partial charge in [0, 0.05) is 17.3 Å². The van der Waals surface area contributed by atoms with E-state index in [-0.39, 0.29) is 5.91 Å². The van der Waals surface area contributed by atoms with Crippen molar-refractivity contribution in [2.45, 2.75) is 25.0 Å². The Kier molecular flexibility index (Phi) is 7.41. The monoisotopic (exact) mass is 326 g/mol. The van der Waals surface area contributed by atoms with Crippen molar-refractivity contribution >= 4 is 29.3 Å². The third-order valence-electron chi connectivity index (χ3n) is 3.59. The molecular weight excluding hydrogens is 304 g/mol. The second kappa shape index (κ2) is 9.34. The third-order valence-corrected chi connectivity index (χ3v) is 4.84. The minimum Gasteiger partial charge on any atom is -0.355 e. The molecule has 0 saturated carbocycles. The fraction of sp³-hybridized carbons (Fsp3) is 0.562. The molecule has 0 spiro atoms. The van der Waals surface area contributed by atoms with Crippen LogP contribution in [0.3, 0.4) is 0 Å². The summed E-state index contributed by atoms with van der Waals surface area (Å²) in [4.78, 5) is 14.2. The summed E-state index contributed by atoms with van der Waals surface area (Å²) in [6, 6.07) is 7.78. The molecule has 0 atom stereocenters. The van der Waals surface area contributed by atoms with E-state index in [1.807, 2.05) is 24.3 Å². The summed E-state index contributed by atoms with van der Waals surface area (Å²) in [5.41, 5.74) is 1.20. The number of benzene rings is 1. The number of halogens is 1. The third kappa shape index (κ3) is 6.72. The van der Waals surface area contributed by atoms with Crippen molar-refractivity contribution in [2.24, 2.45) is 0 Å². The van der Waals surface area contributed by atoms with Crippen LogP contribution in [0.2, 0.25) is 5.02 Å². The summed E-state index contributed by atoms with van der Waals surface area (Å²) >= 11 is 7.48. The van der Waals surface area contributed by atoms with E-state index in [2.05, 4.69) is 10.2 Å². The van der Waals surface area contributed by atoms with Gasteiger partial charge in [0.05, 0.1) is 5.75 Å². The van der Waals surface area contributed by atoms with Gasteiger partial charge in [-0.3, -0.25) is 4.79 Å². The average molecular weight is 327 g/mol. The fourth-order valence-electron chi connectivity index (χ4n) is 2.43. The second-order valence-electron chi connectivity index (χ2n) is 5.37. The van der Waals surface area contributed by atoms with Crippen LogP contribution >= 0.6 is 23.4 Å². The summed E-state index contributed by atoms with van der Waals surface area (Å²) in [5, 5.41) is 3.74. The van der Waals surface area contributed by atoms with Gasteiger partial charge in [-0.25, -0.2) is 0 Å². The highest BCUT2D eigenvalue weighted by atomic mass is 35.5. The first-order valence-corrected chi connectivity index (χ1v) is 9.08. The maximum Gasteiger partial charge on any atom is 0.230 e. The van der Waals surface area contributed by atoms with E-state index in [0.717, 1.165) is 30.3 Å². The van der Waals surface area contributed by atoms with Crippen molar-refractivity contribution in [3.63, 3.8) is 0 Å². The number of rotatable bonds is 8. The minimum absolute atomic E-state index is 0.135. The maximum absolute atomic E-state index is 11.7. The van der Waals surface area contributed by atoms with Gasteiger partial charge in [-0.2, -0.15) is 0 Å². The number of carbonyl (C=O) groups excluding carboxylic acids is 1. The molecule has 1 heterocycles. The Morgan fingerprint density at radius 1 is 1.24 bits per heavy atom. The highest BCUT2D eigenvalue weighted by Gasteiger charge is 2.10. The predicted octanol–water partition coefficient (Wildman–Crippen LogP) is 3.18. The van der Waals surface area contributed by atoms with Crippen LogP contribution in [0.1, 0.15) is 24.8 Å². The number of carbonyl (C=O) groups is 1. The van der Waals surface area contributed by atoms with Gasteiger partial charge in [-0.05, 0) is 56.6 Å². The van der Waals surface area contributed by atoms with Crippen LogP contribution in [0.25, 0.3) is 0 Å².